The summed E-state index contributed by atoms with van der Waals surface area (Å²) in [6.07, 6.45) is 2.05. The predicted molar refractivity (Wildman–Crippen MR) is 149 cm³/mol. The highest BCUT2D eigenvalue weighted by Gasteiger charge is 2.31. The number of carbonyl (C=O) groups excluding carboxylic acids is 2. The molecule has 1 fully saturated rings. The number of hydrogen-bond acceptors (Lipinski definition) is 6. The van der Waals surface area contributed by atoms with Gasteiger partial charge in [-0.05, 0) is 55.2 Å². The van der Waals surface area contributed by atoms with Crippen molar-refractivity contribution in [3.8, 4) is 0 Å². The zero-order valence-electron chi connectivity index (χ0n) is 22.8. The molecule has 0 saturated carbocycles. The van der Waals surface area contributed by atoms with Crippen molar-refractivity contribution in [3.05, 3.63) is 59.2 Å². The number of piperazine rings is 1. The minimum atomic E-state index is -1.10. The highest BCUT2D eigenvalue weighted by molar-refractivity contribution is 5.99. The number of rotatable bonds is 12. The van der Waals surface area contributed by atoms with Gasteiger partial charge in [0.05, 0.1) is 22.5 Å². The molecular formula is C29H38N4O6. The second kappa shape index (κ2) is 13.7. The molecule has 0 radical (unpaired) electrons. The highest BCUT2D eigenvalue weighted by atomic mass is 16.4. The Hall–Kier alpha value is -3.92. The molecule has 0 aliphatic carbocycles. The number of anilines is 2. The van der Waals surface area contributed by atoms with Crippen molar-refractivity contribution in [3.63, 3.8) is 0 Å². The van der Waals surface area contributed by atoms with Gasteiger partial charge in [0.1, 0.15) is 0 Å². The van der Waals surface area contributed by atoms with Gasteiger partial charge in [-0.2, -0.15) is 0 Å². The molecule has 0 bridgehead atoms. The molecule has 1 aliphatic rings. The van der Waals surface area contributed by atoms with Gasteiger partial charge in [-0.1, -0.05) is 25.5 Å². The number of nitrogens with zero attached hydrogens (tertiary/aromatic N) is 2. The zero-order chi connectivity index (χ0) is 28.5. The molecular weight excluding hydrogens is 500 g/mol. The predicted octanol–water partition coefficient (Wildman–Crippen LogP) is 3.18. The summed E-state index contributed by atoms with van der Waals surface area (Å²) in [5.74, 6) is -3.37. The monoisotopic (exact) mass is 538 g/mol. The van der Waals surface area contributed by atoms with E-state index in [-0.39, 0.29) is 28.9 Å². The highest BCUT2D eigenvalue weighted by Crippen LogP contribution is 2.29. The zero-order valence-corrected chi connectivity index (χ0v) is 22.8. The third-order valence-corrected chi connectivity index (χ3v) is 7.02. The Kier molecular flexibility index (Phi) is 10.4. The lowest BCUT2D eigenvalue weighted by atomic mass is 9.85. The van der Waals surface area contributed by atoms with Crippen LogP contribution < -0.4 is 15.5 Å². The van der Waals surface area contributed by atoms with E-state index in [0.717, 1.165) is 25.1 Å². The fourth-order valence-corrected chi connectivity index (χ4v) is 4.92. The van der Waals surface area contributed by atoms with E-state index in [4.69, 9.17) is 0 Å². The van der Waals surface area contributed by atoms with Gasteiger partial charge in [0.15, 0.2) is 0 Å². The van der Waals surface area contributed by atoms with Crippen molar-refractivity contribution in [1.82, 2.24) is 10.2 Å². The molecule has 1 aliphatic heterocycles. The maximum absolute atomic E-state index is 13.8. The molecule has 0 aromatic heterocycles. The van der Waals surface area contributed by atoms with E-state index in [2.05, 4.69) is 10.6 Å². The minimum Gasteiger partial charge on any atom is -0.478 e. The molecule has 4 N–H and O–H groups in total. The third-order valence-electron chi connectivity index (χ3n) is 7.02. The van der Waals surface area contributed by atoms with E-state index < -0.39 is 17.9 Å². The molecule has 1 saturated heterocycles. The first kappa shape index (κ1) is 29.6. The lowest BCUT2D eigenvalue weighted by Crippen LogP contribution is -2.49. The average Bonchev–Trinajstić information content (AvgIpc) is 2.92. The number of nitrogens with one attached hydrogen (secondary N) is 2. The molecule has 1 heterocycles. The first-order valence-corrected chi connectivity index (χ1v) is 13.3. The Bertz CT molecular complexity index is 1170. The minimum absolute atomic E-state index is 0.0410. The molecule has 2 unspecified atom stereocenters. The van der Waals surface area contributed by atoms with E-state index in [1.165, 1.54) is 24.3 Å². The fourth-order valence-electron chi connectivity index (χ4n) is 4.92. The second-order valence-corrected chi connectivity index (χ2v) is 10.1. The summed E-state index contributed by atoms with van der Waals surface area (Å²) in [7, 11) is 3.60. The van der Waals surface area contributed by atoms with Crippen molar-refractivity contribution in [2.24, 2.45) is 11.8 Å². The van der Waals surface area contributed by atoms with Crippen molar-refractivity contribution >= 4 is 35.1 Å². The van der Waals surface area contributed by atoms with Crippen molar-refractivity contribution in [1.29, 1.82) is 0 Å². The van der Waals surface area contributed by atoms with Gasteiger partial charge >= 0.3 is 11.9 Å². The number of aromatic carboxylic acids is 2. The van der Waals surface area contributed by atoms with E-state index in [1.807, 2.05) is 11.8 Å². The van der Waals surface area contributed by atoms with Crippen LogP contribution in [0.1, 0.15) is 52.5 Å². The van der Waals surface area contributed by atoms with Crippen LogP contribution in [0.4, 0.5) is 11.4 Å². The van der Waals surface area contributed by atoms with Crippen LogP contribution >= 0.6 is 0 Å². The number of carbonyl (C=O) groups is 4. The largest absolute Gasteiger partial charge is 0.478 e. The van der Waals surface area contributed by atoms with Crippen molar-refractivity contribution < 1.29 is 29.4 Å². The summed E-state index contributed by atoms with van der Waals surface area (Å²) in [4.78, 5) is 53.8. The SMILES string of the molecule is CCCC(CC(Cc1ccc(C(=O)O)cc1)C(=O)Nc1cc(C(=O)O)ccc1N(C)C)C(=O)N1CCNCC1. The van der Waals surface area contributed by atoms with E-state index in [1.54, 1.807) is 37.2 Å². The first-order chi connectivity index (χ1) is 18.6. The molecule has 2 amide bonds. The quantitative estimate of drug-likeness (QED) is 0.323. The molecule has 3 rings (SSSR count). The van der Waals surface area contributed by atoms with Gasteiger partial charge in [-0.3, -0.25) is 9.59 Å². The molecule has 2 aromatic carbocycles. The Morgan fingerprint density at radius 3 is 2.13 bits per heavy atom. The van der Waals surface area contributed by atoms with Crippen LogP contribution in [0, 0.1) is 11.8 Å². The second-order valence-electron chi connectivity index (χ2n) is 10.1. The van der Waals surface area contributed by atoms with E-state index in [0.29, 0.717) is 43.7 Å². The number of carboxylic acid groups (broad SMARTS) is 2. The first-order valence-electron chi connectivity index (χ1n) is 13.3. The summed E-state index contributed by atoms with van der Waals surface area (Å²) in [5.41, 5.74) is 2.00. The van der Waals surface area contributed by atoms with Gasteiger partial charge < -0.3 is 30.6 Å². The van der Waals surface area contributed by atoms with Gasteiger partial charge in [-0.25, -0.2) is 9.59 Å². The van der Waals surface area contributed by atoms with Crippen LogP contribution in [0.15, 0.2) is 42.5 Å². The Labute approximate surface area is 229 Å². The maximum atomic E-state index is 13.8. The van der Waals surface area contributed by atoms with Gasteiger partial charge in [0.2, 0.25) is 11.8 Å². The van der Waals surface area contributed by atoms with Gasteiger partial charge in [-0.15, -0.1) is 0 Å². The van der Waals surface area contributed by atoms with Gasteiger partial charge in [0, 0.05) is 52.1 Å². The topological polar surface area (TPSA) is 139 Å². The molecule has 210 valence electrons. The molecule has 10 nitrogen and oxygen atoms in total. The summed E-state index contributed by atoms with van der Waals surface area (Å²) in [6, 6.07) is 10.9. The molecule has 2 aromatic rings. The smallest absolute Gasteiger partial charge is 0.335 e. The summed E-state index contributed by atoms with van der Waals surface area (Å²) < 4.78 is 0. The number of hydrogen-bond donors (Lipinski definition) is 4. The molecule has 10 heteroatoms. The summed E-state index contributed by atoms with van der Waals surface area (Å²) >= 11 is 0. The molecule has 2 atom stereocenters. The lowest BCUT2D eigenvalue weighted by Gasteiger charge is -2.32. The normalized spacial score (nSPS) is 14.8. The van der Waals surface area contributed by atoms with Crippen LogP contribution in [-0.2, 0) is 16.0 Å². The number of benzene rings is 2. The van der Waals surface area contributed by atoms with E-state index in [9.17, 15) is 29.4 Å². The molecule has 39 heavy (non-hydrogen) atoms. The van der Waals surface area contributed by atoms with Crippen molar-refractivity contribution in [2.45, 2.75) is 32.6 Å². The molecule has 0 spiro atoms. The van der Waals surface area contributed by atoms with Crippen LogP contribution in [-0.4, -0.2) is 79.1 Å². The van der Waals surface area contributed by atoms with Crippen LogP contribution in [0.25, 0.3) is 0 Å². The summed E-state index contributed by atoms with van der Waals surface area (Å²) in [5, 5.41) is 24.9. The van der Waals surface area contributed by atoms with Crippen LogP contribution in [0.5, 0.6) is 0 Å². The standard InChI is InChI=1S/C29H38N4O6/c1-4-5-21(27(35)33-14-12-30-13-15-33)17-23(16-19-6-8-20(9-7-19)28(36)37)26(34)31-24-18-22(29(38)39)10-11-25(24)32(2)3/h6-11,18,21,23,30H,4-5,12-17H2,1-3H3,(H,31,34)(H,36,37)(H,38,39). The third kappa shape index (κ3) is 8.03. The average molecular weight is 539 g/mol. The Morgan fingerprint density at radius 1 is 0.949 bits per heavy atom. The van der Waals surface area contributed by atoms with Gasteiger partial charge in [0.25, 0.3) is 0 Å². The summed E-state index contributed by atoms with van der Waals surface area (Å²) in [6.45, 7) is 4.73. The number of amides is 2. The fraction of sp³-hybridized carbons (Fsp3) is 0.448. The Morgan fingerprint density at radius 2 is 1.56 bits per heavy atom. The van der Waals surface area contributed by atoms with E-state index >= 15 is 0 Å². The van der Waals surface area contributed by atoms with Crippen LogP contribution in [0.3, 0.4) is 0 Å². The van der Waals surface area contributed by atoms with Crippen LogP contribution in [0.2, 0.25) is 0 Å². The Balaban J connectivity index is 1.92. The maximum Gasteiger partial charge on any atom is 0.335 e. The lowest BCUT2D eigenvalue weighted by molar-refractivity contribution is -0.137. The number of carboxylic acids is 2. The van der Waals surface area contributed by atoms with Crippen molar-refractivity contribution in [2.75, 3.05) is 50.5 Å².